The molecule has 0 radical (unpaired) electrons. The lowest BCUT2D eigenvalue weighted by Gasteiger charge is -2.06. The van der Waals surface area contributed by atoms with Crippen molar-refractivity contribution in [2.45, 2.75) is 77.2 Å². The summed E-state index contributed by atoms with van der Waals surface area (Å²) in [6, 6.07) is 0. The van der Waals surface area contributed by atoms with Crippen LogP contribution in [0.5, 0.6) is 0 Å². The van der Waals surface area contributed by atoms with Crippen molar-refractivity contribution in [1.29, 1.82) is 0 Å². The van der Waals surface area contributed by atoms with E-state index < -0.39 is 12.1 Å². The molecule has 1 aliphatic carbocycles. The predicted molar refractivity (Wildman–Crippen MR) is 86.7 cm³/mol. The number of hydrogen-bond donors (Lipinski definition) is 2. The molecule has 0 aromatic carbocycles. The molecule has 0 bridgehead atoms. The highest BCUT2D eigenvalue weighted by atomic mass is 16.4. The van der Waals surface area contributed by atoms with Gasteiger partial charge in [-0.15, -0.1) is 0 Å². The molecule has 4 heteroatoms. The highest BCUT2D eigenvalue weighted by Gasteiger charge is 2.19. The second-order valence-electron chi connectivity index (χ2n) is 5.91. The molecular weight excluding hydrogens is 280 g/mol. The molecule has 0 fully saturated rings. The van der Waals surface area contributed by atoms with E-state index in [2.05, 4.69) is 0 Å². The van der Waals surface area contributed by atoms with Crippen LogP contribution in [0.3, 0.4) is 0 Å². The van der Waals surface area contributed by atoms with Crippen molar-refractivity contribution in [2.24, 2.45) is 0 Å². The number of carbonyl (C=O) groups excluding carboxylic acids is 1. The zero-order valence-corrected chi connectivity index (χ0v) is 13.5. The van der Waals surface area contributed by atoms with Gasteiger partial charge in [-0.2, -0.15) is 0 Å². The van der Waals surface area contributed by atoms with Gasteiger partial charge in [-0.1, -0.05) is 44.8 Å². The van der Waals surface area contributed by atoms with Crippen LogP contribution in [-0.2, 0) is 9.59 Å². The van der Waals surface area contributed by atoms with Crippen LogP contribution in [-0.4, -0.2) is 28.1 Å². The molecule has 0 heterocycles. The normalized spacial score (nSPS) is 16.7. The van der Waals surface area contributed by atoms with Gasteiger partial charge in [-0.05, 0) is 36.8 Å². The van der Waals surface area contributed by atoms with Crippen LogP contribution in [0.2, 0.25) is 0 Å². The first-order valence-electron chi connectivity index (χ1n) is 8.37. The van der Waals surface area contributed by atoms with Crippen LogP contribution < -0.4 is 0 Å². The second-order valence-corrected chi connectivity index (χ2v) is 5.91. The molecule has 0 saturated carbocycles. The van der Waals surface area contributed by atoms with E-state index in [0.29, 0.717) is 6.42 Å². The van der Waals surface area contributed by atoms with E-state index in [1.807, 2.05) is 13.0 Å². The average molecular weight is 308 g/mol. The van der Waals surface area contributed by atoms with Gasteiger partial charge in [0.05, 0.1) is 6.10 Å². The summed E-state index contributed by atoms with van der Waals surface area (Å²) in [5, 5.41) is 18.5. The van der Waals surface area contributed by atoms with Crippen molar-refractivity contribution >= 4 is 11.8 Å². The minimum Gasteiger partial charge on any atom is -0.481 e. The Hall–Kier alpha value is -1.42. The third-order valence-electron chi connectivity index (χ3n) is 4.11. The molecule has 0 spiro atoms. The lowest BCUT2D eigenvalue weighted by atomic mass is 10.0. The van der Waals surface area contributed by atoms with Crippen molar-refractivity contribution in [1.82, 2.24) is 0 Å². The Morgan fingerprint density at radius 1 is 1.18 bits per heavy atom. The summed E-state index contributed by atoms with van der Waals surface area (Å²) >= 11 is 0. The maximum absolute atomic E-state index is 11.6. The van der Waals surface area contributed by atoms with Gasteiger partial charge >= 0.3 is 5.97 Å². The van der Waals surface area contributed by atoms with Crippen molar-refractivity contribution in [2.75, 3.05) is 0 Å². The van der Waals surface area contributed by atoms with E-state index in [1.165, 1.54) is 0 Å². The van der Waals surface area contributed by atoms with E-state index in [1.54, 1.807) is 6.08 Å². The highest BCUT2D eigenvalue weighted by molar-refractivity contribution is 5.99. The summed E-state index contributed by atoms with van der Waals surface area (Å²) in [5.74, 6) is -0.482. The lowest BCUT2D eigenvalue weighted by Crippen LogP contribution is -2.02. The van der Waals surface area contributed by atoms with Crippen molar-refractivity contribution in [3.63, 3.8) is 0 Å². The molecular formula is C18H28O4. The van der Waals surface area contributed by atoms with Gasteiger partial charge in [0.15, 0.2) is 5.78 Å². The predicted octanol–water partition coefficient (Wildman–Crippen LogP) is 3.79. The van der Waals surface area contributed by atoms with E-state index in [0.717, 1.165) is 62.5 Å². The number of ketones is 1. The minimum atomic E-state index is -0.730. The third kappa shape index (κ3) is 7.03. The van der Waals surface area contributed by atoms with E-state index >= 15 is 0 Å². The maximum Gasteiger partial charge on any atom is 0.303 e. The Balaban J connectivity index is 2.17. The minimum absolute atomic E-state index is 0.248. The standard InChI is InChI=1S/C18H28O4/c1-2-16-14(11-13-17(16)20)10-12-15(19)8-6-4-3-5-7-9-18(21)22/h10,12,15,19H,2-9,11,13H2,1H3,(H,21,22)/b12-10+/t15-/m0/s1. The monoisotopic (exact) mass is 308 g/mol. The summed E-state index contributed by atoms with van der Waals surface area (Å²) in [4.78, 5) is 22.0. The van der Waals surface area contributed by atoms with Gasteiger partial charge in [-0.3, -0.25) is 9.59 Å². The topological polar surface area (TPSA) is 74.6 Å². The first kappa shape index (κ1) is 18.6. The lowest BCUT2D eigenvalue weighted by molar-refractivity contribution is -0.137. The van der Waals surface area contributed by atoms with E-state index in [-0.39, 0.29) is 12.2 Å². The molecule has 2 N–H and O–H groups in total. The number of aliphatic hydroxyl groups is 1. The molecule has 0 aromatic rings. The number of Topliss-reactive ketones (excluding diaryl/α,β-unsaturated/α-hetero) is 1. The number of rotatable bonds is 11. The first-order chi connectivity index (χ1) is 10.5. The van der Waals surface area contributed by atoms with E-state index in [4.69, 9.17) is 5.11 Å². The van der Waals surface area contributed by atoms with Crippen LogP contribution in [0.1, 0.15) is 71.1 Å². The molecule has 1 aliphatic rings. The summed E-state index contributed by atoms with van der Waals surface area (Å²) < 4.78 is 0. The Labute approximate surface area is 132 Å². The first-order valence-corrected chi connectivity index (χ1v) is 8.37. The molecule has 0 aliphatic heterocycles. The van der Waals surface area contributed by atoms with Gasteiger partial charge in [0.1, 0.15) is 0 Å². The van der Waals surface area contributed by atoms with Crippen molar-refractivity contribution < 1.29 is 19.8 Å². The fourth-order valence-electron chi connectivity index (χ4n) is 2.82. The summed E-state index contributed by atoms with van der Waals surface area (Å²) in [7, 11) is 0. The van der Waals surface area contributed by atoms with Gasteiger partial charge in [0.25, 0.3) is 0 Å². The maximum atomic E-state index is 11.6. The quantitative estimate of drug-likeness (QED) is 0.569. The molecule has 0 amide bonds. The number of aliphatic hydroxyl groups excluding tert-OH is 1. The molecule has 22 heavy (non-hydrogen) atoms. The molecule has 0 saturated heterocycles. The second kappa shape index (κ2) is 10.3. The zero-order valence-electron chi connectivity index (χ0n) is 13.5. The number of hydrogen-bond acceptors (Lipinski definition) is 3. The fraction of sp³-hybridized carbons (Fsp3) is 0.667. The number of unbranched alkanes of at least 4 members (excludes halogenated alkanes) is 4. The average Bonchev–Trinajstić information content (AvgIpc) is 2.83. The largest absolute Gasteiger partial charge is 0.481 e. The SMILES string of the molecule is CCC1=C(/C=C/[C@@H](O)CCCCCCCC(=O)O)CCC1=O. The number of carboxylic acid groups (broad SMARTS) is 1. The highest BCUT2D eigenvalue weighted by Crippen LogP contribution is 2.26. The molecule has 0 unspecified atom stereocenters. The number of aliphatic carboxylic acids is 1. The van der Waals surface area contributed by atoms with Crippen molar-refractivity contribution in [3.8, 4) is 0 Å². The smallest absolute Gasteiger partial charge is 0.303 e. The molecule has 124 valence electrons. The Morgan fingerprint density at radius 3 is 2.55 bits per heavy atom. The number of carboxylic acids is 1. The Bertz CT molecular complexity index is 434. The van der Waals surface area contributed by atoms with Gasteiger partial charge in [0, 0.05) is 12.8 Å². The van der Waals surface area contributed by atoms with Gasteiger partial charge < -0.3 is 10.2 Å². The summed E-state index contributed by atoms with van der Waals surface area (Å²) in [6.45, 7) is 1.99. The van der Waals surface area contributed by atoms with Gasteiger partial charge in [-0.25, -0.2) is 0 Å². The summed E-state index contributed by atoms with van der Waals surface area (Å²) in [5.41, 5.74) is 2.00. The Morgan fingerprint density at radius 2 is 1.86 bits per heavy atom. The number of allylic oxidation sites excluding steroid dienone is 3. The fourth-order valence-corrected chi connectivity index (χ4v) is 2.82. The van der Waals surface area contributed by atoms with Crippen LogP contribution >= 0.6 is 0 Å². The van der Waals surface area contributed by atoms with Crippen molar-refractivity contribution in [3.05, 3.63) is 23.3 Å². The summed E-state index contributed by atoms with van der Waals surface area (Å²) in [6.07, 6.45) is 11.1. The molecule has 1 atom stereocenters. The number of carbonyl (C=O) groups is 2. The molecule has 4 nitrogen and oxygen atoms in total. The van der Waals surface area contributed by atoms with Crippen LogP contribution in [0, 0.1) is 0 Å². The molecule has 1 rings (SSSR count). The van der Waals surface area contributed by atoms with Gasteiger partial charge in [0.2, 0.25) is 0 Å². The van der Waals surface area contributed by atoms with Crippen LogP contribution in [0.4, 0.5) is 0 Å². The zero-order chi connectivity index (χ0) is 16.4. The van der Waals surface area contributed by atoms with Crippen LogP contribution in [0.25, 0.3) is 0 Å². The van der Waals surface area contributed by atoms with Crippen LogP contribution in [0.15, 0.2) is 23.3 Å². The molecule has 0 aromatic heterocycles. The Kier molecular flexibility index (Phi) is 8.75. The van der Waals surface area contributed by atoms with E-state index in [9.17, 15) is 14.7 Å². The third-order valence-corrected chi connectivity index (χ3v) is 4.11.